The van der Waals surface area contributed by atoms with Crippen LogP contribution in [0.3, 0.4) is 0 Å². The fraction of sp³-hybridized carbons (Fsp3) is 0.429. The normalized spacial score (nSPS) is 11.8. The highest BCUT2D eigenvalue weighted by atomic mass is 16.2. The number of nitrogens with two attached hydrogens (primary N) is 1. The number of hydrogen-bond acceptors (Lipinski definition) is 3. The molecule has 1 aromatic rings. The third-order valence-corrected chi connectivity index (χ3v) is 3.02. The van der Waals surface area contributed by atoms with Crippen LogP contribution in [0.25, 0.3) is 0 Å². The second kappa shape index (κ2) is 6.89. The van der Waals surface area contributed by atoms with E-state index in [2.05, 4.69) is 5.32 Å². The van der Waals surface area contributed by atoms with Crippen molar-refractivity contribution in [3.63, 3.8) is 0 Å². The molecule has 0 spiro atoms. The van der Waals surface area contributed by atoms with Crippen LogP contribution in [-0.4, -0.2) is 36.3 Å². The molecule has 0 aromatic heterocycles. The standard InChI is InChI=1S/C14H21N3O2/c1-4-17(3)14(19)10(2)16-13(18)12-7-5-11(9-15)6-8-12/h5-8,10H,4,9,15H2,1-3H3,(H,16,18). The molecule has 1 rings (SSSR count). The molecular formula is C14H21N3O2. The summed E-state index contributed by atoms with van der Waals surface area (Å²) in [6, 6.07) is 6.49. The van der Waals surface area contributed by atoms with Crippen molar-refractivity contribution in [1.29, 1.82) is 0 Å². The lowest BCUT2D eigenvalue weighted by molar-refractivity contribution is -0.131. The quantitative estimate of drug-likeness (QED) is 0.823. The van der Waals surface area contributed by atoms with Gasteiger partial charge in [-0.15, -0.1) is 0 Å². The van der Waals surface area contributed by atoms with Crippen molar-refractivity contribution in [3.05, 3.63) is 35.4 Å². The van der Waals surface area contributed by atoms with E-state index in [1.54, 1.807) is 43.1 Å². The highest BCUT2D eigenvalue weighted by molar-refractivity contribution is 5.97. The van der Waals surface area contributed by atoms with Gasteiger partial charge in [0.1, 0.15) is 6.04 Å². The molecule has 0 bridgehead atoms. The van der Waals surface area contributed by atoms with Crippen molar-refractivity contribution in [3.8, 4) is 0 Å². The largest absolute Gasteiger partial charge is 0.344 e. The molecular weight excluding hydrogens is 242 g/mol. The Bertz CT molecular complexity index is 443. The summed E-state index contributed by atoms with van der Waals surface area (Å²) < 4.78 is 0. The van der Waals surface area contributed by atoms with Gasteiger partial charge in [-0.05, 0) is 31.5 Å². The Kier molecular flexibility index (Phi) is 5.51. The third kappa shape index (κ3) is 4.06. The monoisotopic (exact) mass is 263 g/mol. The maximum absolute atomic E-state index is 12.0. The maximum atomic E-state index is 12.0. The summed E-state index contributed by atoms with van der Waals surface area (Å²) in [7, 11) is 1.71. The molecule has 1 aromatic carbocycles. The lowest BCUT2D eigenvalue weighted by Gasteiger charge is -2.20. The average Bonchev–Trinajstić information content (AvgIpc) is 2.45. The molecule has 0 saturated carbocycles. The molecule has 5 nitrogen and oxygen atoms in total. The van der Waals surface area contributed by atoms with Crippen LogP contribution in [0.1, 0.15) is 29.8 Å². The summed E-state index contributed by atoms with van der Waals surface area (Å²) >= 11 is 0. The van der Waals surface area contributed by atoms with Gasteiger partial charge in [-0.1, -0.05) is 12.1 Å². The van der Waals surface area contributed by atoms with Crippen molar-refractivity contribution >= 4 is 11.8 Å². The minimum absolute atomic E-state index is 0.102. The van der Waals surface area contributed by atoms with Crippen LogP contribution in [0.2, 0.25) is 0 Å². The number of carbonyl (C=O) groups is 2. The first-order chi connectivity index (χ1) is 8.99. The zero-order valence-electron chi connectivity index (χ0n) is 11.6. The number of amides is 2. The van der Waals surface area contributed by atoms with E-state index in [0.29, 0.717) is 18.7 Å². The van der Waals surface area contributed by atoms with Gasteiger partial charge in [0, 0.05) is 25.7 Å². The lowest BCUT2D eigenvalue weighted by atomic mass is 10.1. The van der Waals surface area contributed by atoms with Gasteiger partial charge >= 0.3 is 0 Å². The lowest BCUT2D eigenvalue weighted by Crippen LogP contribution is -2.45. The predicted molar refractivity (Wildman–Crippen MR) is 74.6 cm³/mol. The SMILES string of the molecule is CCN(C)C(=O)C(C)NC(=O)c1ccc(CN)cc1. The minimum Gasteiger partial charge on any atom is -0.344 e. The predicted octanol–water partition coefficient (Wildman–Crippen LogP) is 0.742. The second-order valence-corrected chi connectivity index (χ2v) is 4.45. The first-order valence-corrected chi connectivity index (χ1v) is 6.34. The number of carbonyl (C=O) groups excluding carboxylic acids is 2. The van der Waals surface area contributed by atoms with E-state index >= 15 is 0 Å². The van der Waals surface area contributed by atoms with Crippen molar-refractivity contribution in [2.75, 3.05) is 13.6 Å². The van der Waals surface area contributed by atoms with E-state index in [0.717, 1.165) is 5.56 Å². The Labute approximate surface area is 113 Å². The molecule has 0 saturated heterocycles. The zero-order valence-corrected chi connectivity index (χ0v) is 11.6. The molecule has 0 radical (unpaired) electrons. The van der Waals surface area contributed by atoms with Gasteiger partial charge in [-0.25, -0.2) is 0 Å². The van der Waals surface area contributed by atoms with E-state index in [1.165, 1.54) is 0 Å². The molecule has 0 fully saturated rings. The van der Waals surface area contributed by atoms with Gasteiger partial charge in [0.25, 0.3) is 5.91 Å². The molecule has 0 heterocycles. The van der Waals surface area contributed by atoms with Crippen molar-refractivity contribution in [2.24, 2.45) is 5.73 Å². The Hall–Kier alpha value is -1.88. The van der Waals surface area contributed by atoms with Crippen LogP contribution in [0.15, 0.2) is 24.3 Å². The smallest absolute Gasteiger partial charge is 0.251 e. The number of rotatable bonds is 5. The van der Waals surface area contributed by atoms with Crippen LogP contribution < -0.4 is 11.1 Å². The van der Waals surface area contributed by atoms with Crippen LogP contribution in [0.5, 0.6) is 0 Å². The summed E-state index contributed by atoms with van der Waals surface area (Å²) in [5.41, 5.74) is 6.98. The molecule has 1 atom stereocenters. The Morgan fingerprint density at radius 1 is 1.32 bits per heavy atom. The van der Waals surface area contributed by atoms with Crippen LogP contribution >= 0.6 is 0 Å². The van der Waals surface area contributed by atoms with Gasteiger partial charge in [0.05, 0.1) is 0 Å². The van der Waals surface area contributed by atoms with Crippen LogP contribution in [-0.2, 0) is 11.3 Å². The van der Waals surface area contributed by atoms with Crippen molar-refractivity contribution in [2.45, 2.75) is 26.4 Å². The summed E-state index contributed by atoms with van der Waals surface area (Å²) in [4.78, 5) is 25.4. The maximum Gasteiger partial charge on any atom is 0.251 e. The first kappa shape index (κ1) is 15.2. The minimum atomic E-state index is -0.536. The number of benzene rings is 1. The average molecular weight is 263 g/mol. The molecule has 0 aliphatic heterocycles. The van der Waals surface area contributed by atoms with Crippen LogP contribution in [0.4, 0.5) is 0 Å². The highest BCUT2D eigenvalue weighted by Gasteiger charge is 2.18. The van der Waals surface area contributed by atoms with E-state index in [4.69, 9.17) is 5.73 Å². The highest BCUT2D eigenvalue weighted by Crippen LogP contribution is 2.04. The second-order valence-electron chi connectivity index (χ2n) is 4.45. The number of hydrogen-bond donors (Lipinski definition) is 2. The molecule has 0 aliphatic carbocycles. The van der Waals surface area contributed by atoms with Gasteiger partial charge in [0.2, 0.25) is 5.91 Å². The van der Waals surface area contributed by atoms with Crippen molar-refractivity contribution < 1.29 is 9.59 Å². The van der Waals surface area contributed by atoms with Gasteiger partial charge in [0.15, 0.2) is 0 Å². The molecule has 19 heavy (non-hydrogen) atoms. The van der Waals surface area contributed by atoms with E-state index in [9.17, 15) is 9.59 Å². The molecule has 2 amide bonds. The Morgan fingerprint density at radius 2 is 1.89 bits per heavy atom. The number of nitrogens with one attached hydrogen (secondary N) is 1. The molecule has 3 N–H and O–H groups in total. The number of likely N-dealkylation sites (N-methyl/N-ethyl adjacent to an activating group) is 1. The summed E-state index contributed by atoms with van der Waals surface area (Å²) in [5, 5.41) is 2.69. The van der Waals surface area contributed by atoms with Gasteiger partial charge in [-0.2, -0.15) is 0 Å². The zero-order chi connectivity index (χ0) is 14.4. The summed E-state index contributed by atoms with van der Waals surface area (Å²) in [5.74, 6) is -0.358. The van der Waals surface area contributed by atoms with E-state index in [1.807, 2.05) is 6.92 Å². The van der Waals surface area contributed by atoms with E-state index in [-0.39, 0.29) is 11.8 Å². The topological polar surface area (TPSA) is 75.4 Å². The molecule has 1 unspecified atom stereocenters. The summed E-state index contributed by atoms with van der Waals surface area (Å²) in [6.07, 6.45) is 0. The van der Waals surface area contributed by atoms with Crippen LogP contribution in [0, 0.1) is 0 Å². The van der Waals surface area contributed by atoms with Gasteiger partial charge < -0.3 is 16.0 Å². The molecule has 104 valence electrons. The van der Waals surface area contributed by atoms with Gasteiger partial charge in [-0.3, -0.25) is 9.59 Å². The fourth-order valence-corrected chi connectivity index (χ4v) is 1.62. The Morgan fingerprint density at radius 3 is 2.37 bits per heavy atom. The molecule has 0 aliphatic rings. The fourth-order valence-electron chi connectivity index (χ4n) is 1.62. The first-order valence-electron chi connectivity index (χ1n) is 6.34. The summed E-state index contributed by atoms with van der Waals surface area (Å²) in [6.45, 7) is 4.63. The van der Waals surface area contributed by atoms with E-state index < -0.39 is 6.04 Å². The Balaban J connectivity index is 2.65. The third-order valence-electron chi connectivity index (χ3n) is 3.02. The number of nitrogens with zero attached hydrogens (tertiary/aromatic N) is 1. The van der Waals surface area contributed by atoms with Crippen molar-refractivity contribution in [1.82, 2.24) is 10.2 Å². The molecule has 5 heteroatoms.